The first kappa shape index (κ1) is 10.6. The standard InChI is InChI=1S/C13H22N2O/c16-12-13(7-1-2-8-13)14-10-15(12)9-6-11-4-3-5-11/h11,14H,1-10H2. The topological polar surface area (TPSA) is 32.3 Å². The van der Waals surface area contributed by atoms with Crippen molar-refractivity contribution in [1.82, 2.24) is 10.2 Å². The largest absolute Gasteiger partial charge is 0.328 e. The third-order valence-corrected chi connectivity index (χ3v) is 4.79. The van der Waals surface area contributed by atoms with Crippen molar-refractivity contribution in [2.45, 2.75) is 56.9 Å². The Hall–Kier alpha value is -0.570. The van der Waals surface area contributed by atoms with Crippen LogP contribution in [0.3, 0.4) is 0 Å². The molecule has 1 amide bonds. The lowest BCUT2D eigenvalue weighted by molar-refractivity contribution is -0.132. The van der Waals surface area contributed by atoms with Gasteiger partial charge in [0, 0.05) is 6.54 Å². The number of carbonyl (C=O) groups is 1. The Morgan fingerprint density at radius 2 is 2.00 bits per heavy atom. The summed E-state index contributed by atoms with van der Waals surface area (Å²) in [6.45, 7) is 1.78. The third-order valence-electron chi connectivity index (χ3n) is 4.79. The van der Waals surface area contributed by atoms with Crippen LogP contribution in [0.5, 0.6) is 0 Å². The molecule has 1 aliphatic heterocycles. The summed E-state index contributed by atoms with van der Waals surface area (Å²) < 4.78 is 0. The highest BCUT2D eigenvalue weighted by Gasteiger charge is 2.47. The summed E-state index contributed by atoms with van der Waals surface area (Å²) in [5.74, 6) is 1.30. The molecule has 3 nitrogen and oxygen atoms in total. The Kier molecular flexibility index (Phi) is 2.66. The van der Waals surface area contributed by atoms with Gasteiger partial charge in [-0.15, -0.1) is 0 Å². The minimum absolute atomic E-state index is 0.139. The first-order chi connectivity index (χ1) is 7.80. The van der Waals surface area contributed by atoms with Crippen LogP contribution >= 0.6 is 0 Å². The zero-order valence-electron chi connectivity index (χ0n) is 10.0. The summed E-state index contributed by atoms with van der Waals surface area (Å²) in [7, 11) is 0. The molecule has 3 aliphatic rings. The summed E-state index contributed by atoms with van der Waals surface area (Å²) in [4.78, 5) is 14.4. The van der Waals surface area contributed by atoms with Crippen LogP contribution < -0.4 is 5.32 Å². The molecular formula is C13H22N2O. The van der Waals surface area contributed by atoms with Crippen molar-refractivity contribution in [3.8, 4) is 0 Å². The minimum Gasteiger partial charge on any atom is -0.328 e. The van der Waals surface area contributed by atoms with Crippen LogP contribution in [0.25, 0.3) is 0 Å². The van der Waals surface area contributed by atoms with Gasteiger partial charge in [-0.1, -0.05) is 32.1 Å². The molecule has 0 radical (unpaired) electrons. The Morgan fingerprint density at radius 3 is 2.62 bits per heavy atom. The van der Waals surface area contributed by atoms with E-state index in [1.54, 1.807) is 0 Å². The second-order valence-electron chi connectivity index (χ2n) is 5.78. The molecule has 1 N–H and O–H groups in total. The molecule has 2 saturated carbocycles. The fourth-order valence-corrected chi connectivity index (χ4v) is 3.37. The van der Waals surface area contributed by atoms with E-state index in [1.165, 1.54) is 38.5 Å². The van der Waals surface area contributed by atoms with Crippen molar-refractivity contribution in [1.29, 1.82) is 0 Å². The lowest BCUT2D eigenvalue weighted by Crippen LogP contribution is -2.44. The quantitative estimate of drug-likeness (QED) is 0.790. The van der Waals surface area contributed by atoms with Crippen LogP contribution in [0, 0.1) is 5.92 Å². The lowest BCUT2D eigenvalue weighted by atomic mass is 9.83. The van der Waals surface area contributed by atoms with Crippen molar-refractivity contribution in [2.75, 3.05) is 13.2 Å². The molecule has 2 aliphatic carbocycles. The summed E-state index contributed by atoms with van der Waals surface area (Å²) in [6.07, 6.45) is 9.97. The average Bonchev–Trinajstić information content (AvgIpc) is 2.79. The molecule has 0 aromatic heterocycles. The Morgan fingerprint density at radius 1 is 1.25 bits per heavy atom. The normalized spacial score (nSPS) is 29.0. The smallest absolute Gasteiger partial charge is 0.243 e. The highest BCUT2D eigenvalue weighted by atomic mass is 16.2. The number of amides is 1. The molecule has 16 heavy (non-hydrogen) atoms. The van der Waals surface area contributed by atoms with Gasteiger partial charge in [-0.25, -0.2) is 0 Å². The van der Waals surface area contributed by atoms with Gasteiger partial charge in [0.25, 0.3) is 0 Å². The molecule has 0 aromatic carbocycles. The molecule has 0 atom stereocenters. The number of nitrogens with zero attached hydrogens (tertiary/aromatic N) is 1. The van der Waals surface area contributed by atoms with Gasteiger partial charge in [0.15, 0.2) is 0 Å². The first-order valence-electron chi connectivity index (χ1n) is 6.85. The maximum Gasteiger partial charge on any atom is 0.243 e. The SMILES string of the molecule is O=C1N(CCC2CCC2)CNC12CCCC2. The Balaban J connectivity index is 1.54. The number of hydrogen-bond donors (Lipinski definition) is 1. The van der Waals surface area contributed by atoms with Gasteiger partial charge in [0.05, 0.1) is 12.2 Å². The molecule has 1 heterocycles. The highest BCUT2D eigenvalue weighted by Crippen LogP contribution is 2.35. The molecule has 0 bridgehead atoms. The van der Waals surface area contributed by atoms with Gasteiger partial charge in [0.1, 0.15) is 0 Å². The van der Waals surface area contributed by atoms with Crippen molar-refractivity contribution >= 4 is 5.91 Å². The fraction of sp³-hybridized carbons (Fsp3) is 0.923. The Labute approximate surface area is 97.6 Å². The van der Waals surface area contributed by atoms with Crippen LogP contribution in [-0.4, -0.2) is 29.6 Å². The maximum absolute atomic E-state index is 12.3. The average molecular weight is 222 g/mol. The molecule has 90 valence electrons. The van der Waals surface area contributed by atoms with E-state index < -0.39 is 0 Å². The van der Waals surface area contributed by atoms with E-state index in [4.69, 9.17) is 0 Å². The van der Waals surface area contributed by atoms with Crippen molar-refractivity contribution in [3.63, 3.8) is 0 Å². The number of rotatable bonds is 3. The van der Waals surface area contributed by atoms with Gasteiger partial charge < -0.3 is 4.90 Å². The minimum atomic E-state index is -0.139. The van der Waals surface area contributed by atoms with E-state index in [1.807, 2.05) is 0 Å². The molecule has 3 fully saturated rings. The van der Waals surface area contributed by atoms with Crippen molar-refractivity contribution in [3.05, 3.63) is 0 Å². The zero-order valence-corrected chi connectivity index (χ0v) is 10.0. The van der Waals surface area contributed by atoms with Gasteiger partial charge in [-0.3, -0.25) is 10.1 Å². The molecule has 1 spiro atoms. The van der Waals surface area contributed by atoms with E-state index in [0.29, 0.717) is 5.91 Å². The van der Waals surface area contributed by atoms with E-state index in [0.717, 1.165) is 32.0 Å². The predicted octanol–water partition coefficient (Wildman–Crippen LogP) is 1.88. The lowest BCUT2D eigenvalue weighted by Gasteiger charge is -2.28. The summed E-state index contributed by atoms with van der Waals surface area (Å²) in [6, 6.07) is 0. The number of carbonyl (C=O) groups excluding carboxylic acids is 1. The van der Waals surface area contributed by atoms with Crippen LogP contribution in [0.1, 0.15) is 51.4 Å². The predicted molar refractivity (Wildman–Crippen MR) is 62.9 cm³/mol. The summed E-state index contributed by atoms with van der Waals surface area (Å²) in [5.41, 5.74) is -0.139. The van der Waals surface area contributed by atoms with Crippen molar-refractivity contribution in [2.24, 2.45) is 5.92 Å². The van der Waals surface area contributed by atoms with Crippen LogP contribution in [0.2, 0.25) is 0 Å². The third kappa shape index (κ3) is 1.65. The van der Waals surface area contributed by atoms with E-state index >= 15 is 0 Å². The zero-order chi connectivity index (χ0) is 11.0. The number of nitrogens with one attached hydrogen (secondary N) is 1. The van der Waals surface area contributed by atoms with Gasteiger partial charge in [-0.2, -0.15) is 0 Å². The van der Waals surface area contributed by atoms with Gasteiger partial charge in [-0.05, 0) is 25.2 Å². The van der Waals surface area contributed by atoms with Gasteiger partial charge >= 0.3 is 0 Å². The van der Waals surface area contributed by atoms with Crippen LogP contribution in [0.4, 0.5) is 0 Å². The molecular weight excluding hydrogens is 200 g/mol. The summed E-state index contributed by atoms with van der Waals surface area (Å²) >= 11 is 0. The van der Waals surface area contributed by atoms with E-state index in [2.05, 4.69) is 10.2 Å². The first-order valence-corrected chi connectivity index (χ1v) is 6.85. The van der Waals surface area contributed by atoms with E-state index in [-0.39, 0.29) is 5.54 Å². The molecule has 0 unspecified atom stereocenters. The molecule has 0 aromatic rings. The summed E-state index contributed by atoms with van der Waals surface area (Å²) in [5, 5.41) is 3.47. The maximum atomic E-state index is 12.3. The molecule has 3 rings (SSSR count). The van der Waals surface area contributed by atoms with E-state index in [9.17, 15) is 4.79 Å². The Bertz CT molecular complexity index is 280. The number of hydrogen-bond acceptors (Lipinski definition) is 2. The highest BCUT2D eigenvalue weighted by molar-refractivity contribution is 5.88. The van der Waals surface area contributed by atoms with Crippen LogP contribution in [-0.2, 0) is 4.79 Å². The van der Waals surface area contributed by atoms with Gasteiger partial charge in [0.2, 0.25) is 5.91 Å². The second-order valence-corrected chi connectivity index (χ2v) is 5.78. The monoisotopic (exact) mass is 222 g/mol. The van der Waals surface area contributed by atoms with Crippen molar-refractivity contribution < 1.29 is 4.79 Å². The molecule has 1 saturated heterocycles. The molecule has 3 heteroatoms. The van der Waals surface area contributed by atoms with Crippen LogP contribution in [0.15, 0.2) is 0 Å². The fourth-order valence-electron chi connectivity index (χ4n) is 3.37. The second kappa shape index (κ2) is 4.02.